The van der Waals surface area contributed by atoms with Crippen LogP contribution in [0.15, 0.2) is 18.2 Å². The highest BCUT2D eigenvalue weighted by atomic mass is 35.5. The van der Waals surface area contributed by atoms with Crippen LogP contribution < -0.4 is 0 Å². The molecule has 0 aliphatic heterocycles. The summed E-state index contributed by atoms with van der Waals surface area (Å²) in [5, 5.41) is 0.470. The lowest BCUT2D eigenvalue weighted by molar-refractivity contribution is 0.627. The summed E-state index contributed by atoms with van der Waals surface area (Å²) in [7, 11) is 0. The van der Waals surface area contributed by atoms with Crippen molar-refractivity contribution in [2.24, 2.45) is 0 Å². The molecule has 0 fully saturated rings. The summed E-state index contributed by atoms with van der Waals surface area (Å²) in [6.45, 7) is 5.82. The first-order chi connectivity index (χ1) is 9.02. The lowest BCUT2D eigenvalue weighted by Crippen LogP contribution is -2.01. The minimum Gasteiger partial charge on any atom is -0.233 e. The Hall–Kier alpha value is -1.48. The molecular weight excluding hydrogens is 263 g/mol. The molecule has 1 heterocycles. The van der Waals surface area contributed by atoms with Crippen LogP contribution in [0.5, 0.6) is 0 Å². The number of rotatable bonds is 3. The van der Waals surface area contributed by atoms with Gasteiger partial charge in [0.15, 0.2) is 0 Å². The van der Waals surface area contributed by atoms with Crippen LogP contribution in [-0.4, -0.2) is 9.97 Å². The molecule has 1 aromatic heterocycles. The quantitative estimate of drug-likeness (QED) is 0.772. The number of nitrogens with zero attached hydrogens (tertiary/aromatic N) is 2. The normalized spacial score (nSPS) is 10.8. The van der Waals surface area contributed by atoms with Crippen LogP contribution in [0.25, 0.3) is 11.3 Å². The molecule has 2 nitrogen and oxygen atoms in total. The van der Waals surface area contributed by atoms with Gasteiger partial charge in [-0.3, -0.25) is 0 Å². The third-order valence-electron chi connectivity index (χ3n) is 3.05. The van der Waals surface area contributed by atoms with Gasteiger partial charge in [0.25, 0.3) is 0 Å². The van der Waals surface area contributed by atoms with Gasteiger partial charge < -0.3 is 0 Å². The van der Waals surface area contributed by atoms with Gasteiger partial charge in [0.05, 0.1) is 5.69 Å². The molecule has 0 aliphatic rings. The Bertz CT molecular complexity index is 611. The van der Waals surface area contributed by atoms with Crippen molar-refractivity contribution in [1.82, 2.24) is 9.97 Å². The van der Waals surface area contributed by atoms with Crippen LogP contribution >= 0.6 is 11.6 Å². The van der Waals surface area contributed by atoms with Crippen molar-refractivity contribution in [3.63, 3.8) is 0 Å². The van der Waals surface area contributed by atoms with Crippen molar-refractivity contribution in [2.45, 2.75) is 33.6 Å². The minimum absolute atomic E-state index is 0.243. The molecule has 0 radical (unpaired) electrons. The Morgan fingerprint density at radius 3 is 2.58 bits per heavy atom. The molecule has 2 aromatic rings. The first-order valence-electron chi connectivity index (χ1n) is 6.32. The molecule has 0 amide bonds. The Morgan fingerprint density at radius 2 is 1.95 bits per heavy atom. The molecule has 0 atom stereocenters. The number of hydrogen-bond donors (Lipinski definition) is 0. The average molecular weight is 279 g/mol. The van der Waals surface area contributed by atoms with E-state index in [-0.39, 0.29) is 5.82 Å². The molecule has 0 unspecified atom stereocenters. The predicted molar refractivity (Wildman–Crippen MR) is 75.9 cm³/mol. The number of benzene rings is 1. The first kappa shape index (κ1) is 13.9. The molecule has 0 saturated heterocycles. The third kappa shape index (κ3) is 2.92. The van der Waals surface area contributed by atoms with Crippen LogP contribution in [0.4, 0.5) is 4.39 Å². The van der Waals surface area contributed by atoms with Gasteiger partial charge in [-0.2, -0.15) is 0 Å². The van der Waals surface area contributed by atoms with Crippen LogP contribution in [0, 0.1) is 19.7 Å². The summed E-state index contributed by atoms with van der Waals surface area (Å²) >= 11 is 6.16. The molecule has 0 spiro atoms. The number of hydrogen-bond acceptors (Lipinski definition) is 2. The lowest BCUT2D eigenvalue weighted by atomic mass is 10.0. The fourth-order valence-corrected chi connectivity index (χ4v) is 2.21. The standard InChI is InChI=1S/C15H16ClFN2/c1-4-5-13-18-14(10(3)15(16)19-13)12-7-6-11(17)8-9(12)2/h6-8H,4-5H2,1-3H3. The Labute approximate surface area is 117 Å². The zero-order valence-corrected chi connectivity index (χ0v) is 12.1. The highest BCUT2D eigenvalue weighted by molar-refractivity contribution is 6.30. The summed E-state index contributed by atoms with van der Waals surface area (Å²) in [4.78, 5) is 8.84. The molecular formula is C15H16ClFN2. The van der Waals surface area contributed by atoms with Gasteiger partial charge in [-0.25, -0.2) is 14.4 Å². The van der Waals surface area contributed by atoms with Crippen molar-refractivity contribution in [2.75, 3.05) is 0 Å². The van der Waals surface area contributed by atoms with Crippen LogP contribution in [0.1, 0.15) is 30.3 Å². The monoisotopic (exact) mass is 278 g/mol. The summed E-state index contributed by atoms with van der Waals surface area (Å²) in [5.74, 6) is 0.490. The summed E-state index contributed by atoms with van der Waals surface area (Å²) < 4.78 is 13.2. The third-order valence-corrected chi connectivity index (χ3v) is 3.42. The molecule has 2 rings (SSSR count). The Kier molecular flexibility index (Phi) is 4.15. The van der Waals surface area contributed by atoms with Gasteiger partial charge in [0.1, 0.15) is 16.8 Å². The van der Waals surface area contributed by atoms with Crippen molar-refractivity contribution in [3.8, 4) is 11.3 Å². The maximum Gasteiger partial charge on any atom is 0.136 e. The fraction of sp³-hybridized carbons (Fsp3) is 0.333. The van der Waals surface area contributed by atoms with E-state index in [1.807, 2.05) is 13.8 Å². The van der Waals surface area contributed by atoms with E-state index in [4.69, 9.17) is 11.6 Å². The highest BCUT2D eigenvalue weighted by Crippen LogP contribution is 2.28. The topological polar surface area (TPSA) is 25.8 Å². The van der Waals surface area contributed by atoms with Gasteiger partial charge >= 0.3 is 0 Å². The van der Waals surface area contributed by atoms with Crippen molar-refractivity contribution >= 4 is 11.6 Å². The van der Waals surface area contributed by atoms with Crippen LogP contribution in [0.2, 0.25) is 5.15 Å². The van der Waals surface area contributed by atoms with E-state index in [1.54, 1.807) is 6.07 Å². The maximum atomic E-state index is 13.2. The first-order valence-corrected chi connectivity index (χ1v) is 6.70. The van der Waals surface area contributed by atoms with E-state index in [9.17, 15) is 4.39 Å². The summed E-state index contributed by atoms with van der Waals surface area (Å²) in [6.07, 6.45) is 1.74. The molecule has 0 bridgehead atoms. The van der Waals surface area contributed by atoms with Gasteiger partial charge in [-0.05, 0) is 44.0 Å². The zero-order chi connectivity index (χ0) is 14.0. The second kappa shape index (κ2) is 5.66. The van der Waals surface area contributed by atoms with Gasteiger partial charge in [0.2, 0.25) is 0 Å². The van der Waals surface area contributed by atoms with E-state index in [0.717, 1.165) is 41.1 Å². The molecule has 4 heteroatoms. The van der Waals surface area contributed by atoms with Gasteiger partial charge in [0, 0.05) is 17.5 Å². The fourth-order valence-electron chi connectivity index (χ4n) is 2.02. The van der Waals surface area contributed by atoms with Crippen molar-refractivity contribution in [1.29, 1.82) is 0 Å². The molecule has 0 aliphatic carbocycles. The minimum atomic E-state index is -0.243. The SMILES string of the molecule is CCCc1nc(Cl)c(C)c(-c2ccc(F)cc2C)n1. The molecule has 19 heavy (non-hydrogen) atoms. The molecule has 0 saturated carbocycles. The average Bonchev–Trinajstić information content (AvgIpc) is 2.34. The zero-order valence-electron chi connectivity index (χ0n) is 11.3. The van der Waals surface area contributed by atoms with E-state index in [0.29, 0.717) is 5.15 Å². The summed E-state index contributed by atoms with van der Waals surface area (Å²) in [6, 6.07) is 4.69. The molecule has 100 valence electrons. The second-order valence-corrected chi connectivity index (χ2v) is 4.97. The van der Waals surface area contributed by atoms with Crippen LogP contribution in [-0.2, 0) is 6.42 Å². The lowest BCUT2D eigenvalue weighted by Gasteiger charge is -2.11. The number of halogens is 2. The van der Waals surface area contributed by atoms with Crippen LogP contribution in [0.3, 0.4) is 0 Å². The van der Waals surface area contributed by atoms with E-state index < -0.39 is 0 Å². The predicted octanol–water partition coefficient (Wildman–Crippen LogP) is 4.51. The molecule has 1 aromatic carbocycles. The summed E-state index contributed by atoms with van der Waals surface area (Å²) in [5.41, 5.74) is 3.37. The van der Waals surface area contributed by atoms with Gasteiger partial charge in [-0.1, -0.05) is 18.5 Å². The van der Waals surface area contributed by atoms with Crippen molar-refractivity contribution in [3.05, 3.63) is 46.1 Å². The number of aryl methyl sites for hydroxylation is 2. The second-order valence-electron chi connectivity index (χ2n) is 4.61. The van der Waals surface area contributed by atoms with E-state index in [1.165, 1.54) is 12.1 Å². The smallest absolute Gasteiger partial charge is 0.136 e. The van der Waals surface area contributed by atoms with E-state index >= 15 is 0 Å². The van der Waals surface area contributed by atoms with Crippen molar-refractivity contribution < 1.29 is 4.39 Å². The number of aromatic nitrogens is 2. The van der Waals surface area contributed by atoms with Gasteiger partial charge in [-0.15, -0.1) is 0 Å². The largest absolute Gasteiger partial charge is 0.233 e. The Balaban J connectivity index is 2.60. The van der Waals surface area contributed by atoms with E-state index in [2.05, 4.69) is 16.9 Å². The Morgan fingerprint density at radius 1 is 1.21 bits per heavy atom. The molecule has 0 N–H and O–H groups in total. The maximum absolute atomic E-state index is 13.2. The highest BCUT2D eigenvalue weighted by Gasteiger charge is 2.13.